The molecule has 8 rings (SSSR count). The molecular formula is C42H49N7O6. The lowest BCUT2D eigenvalue weighted by Crippen LogP contribution is -2.54. The predicted molar refractivity (Wildman–Crippen MR) is 205 cm³/mol. The Morgan fingerprint density at radius 1 is 0.909 bits per heavy atom. The van der Waals surface area contributed by atoms with Crippen molar-refractivity contribution in [1.82, 2.24) is 35.1 Å². The molecule has 3 N–H and O–H groups in total. The summed E-state index contributed by atoms with van der Waals surface area (Å²) in [5, 5.41) is 2.75. The van der Waals surface area contributed by atoms with Gasteiger partial charge in [0, 0.05) is 35.8 Å². The molecule has 2 aromatic carbocycles. The van der Waals surface area contributed by atoms with Gasteiger partial charge in [-0.05, 0) is 80.3 Å². The van der Waals surface area contributed by atoms with Crippen molar-refractivity contribution < 1.29 is 28.6 Å². The summed E-state index contributed by atoms with van der Waals surface area (Å²) in [6.07, 6.45) is 8.02. The van der Waals surface area contributed by atoms with E-state index in [1.54, 1.807) is 6.20 Å². The number of hydrogen-bond donors (Lipinski definition) is 3. The summed E-state index contributed by atoms with van der Waals surface area (Å²) in [5.41, 5.74) is 4.41. The average Bonchev–Trinajstić information content (AvgIpc) is 4.03. The summed E-state index contributed by atoms with van der Waals surface area (Å²) in [6.45, 7) is 12.6. The number of methoxy groups -OCH3 is 1. The van der Waals surface area contributed by atoms with Gasteiger partial charge < -0.3 is 39.3 Å². The second kappa shape index (κ2) is 14.2. The molecule has 1 aliphatic carbocycles. The summed E-state index contributed by atoms with van der Waals surface area (Å²) in [7, 11) is 1.30. The van der Waals surface area contributed by atoms with E-state index in [4.69, 9.17) is 24.2 Å². The highest BCUT2D eigenvalue weighted by atomic mass is 16.6. The van der Waals surface area contributed by atoms with Crippen molar-refractivity contribution in [1.29, 1.82) is 0 Å². The van der Waals surface area contributed by atoms with Gasteiger partial charge in [0.25, 0.3) is 0 Å². The predicted octanol–water partition coefficient (Wildman–Crippen LogP) is 7.92. The quantitative estimate of drug-likeness (QED) is 0.129. The smallest absolute Gasteiger partial charge is 0.407 e. The standard InChI is InChI=1S/C42H49N7O6/c1-21(2)24(6)40(50)48-20-23(5)14-31(48)38-43-18-29(45-38)25-9-12-32-34(16-25)54-33-13-10-26(17-35(33)55-32)30-19-44-39(46-30)37-27-8-11-28(15-27)49(37)41(51)36(22(3)4)47-42(52)53-7/h9-10,12-14,16-19,21-22,24,27-28,31,36-37H,8,11,15,20H2,1-7H3,(H,43,45)(H,44,46)(H,47,52)/t24-,27+,28-,31-,36-,37?/m0/s1. The van der Waals surface area contributed by atoms with Gasteiger partial charge in [-0.2, -0.15) is 0 Å². The topological polar surface area (TPSA) is 155 Å². The highest BCUT2D eigenvalue weighted by molar-refractivity contribution is 5.87. The fourth-order valence-corrected chi connectivity index (χ4v) is 8.46. The van der Waals surface area contributed by atoms with Crippen LogP contribution in [0.25, 0.3) is 22.5 Å². The molecular weight excluding hydrogens is 699 g/mol. The van der Waals surface area contributed by atoms with Crippen LogP contribution in [-0.2, 0) is 14.3 Å². The SMILES string of the molecule is COC(=O)N[C@H](C(=O)N1C(c2nc(-c3ccc4c(c3)Oc3ccc(-c5cnc([C@@H]6C=C(C)CN6C(=O)[C@@H](C)C(C)C)[nH]5)cc3O4)c[nH]2)[C@@H]2CC[C@H]1C2)C(C)C. The van der Waals surface area contributed by atoms with Gasteiger partial charge in [0.15, 0.2) is 23.0 Å². The van der Waals surface area contributed by atoms with Crippen LogP contribution in [0.4, 0.5) is 4.79 Å². The van der Waals surface area contributed by atoms with Crippen molar-refractivity contribution in [2.75, 3.05) is 13.7 Å². The second-order valence-corrected chi connectivity index (χ2v) is 16.1. The van der Waals surface area contributed by atoms with Gasteiger partial charge in [-0.3, -0.25) is 9.59 Å². The maximum Gasteiger partial charge on any atom is 0.407 e. The largest absolute Gasteiger partial charge is 0.453 e. The van der Waals surface area contributed by atoms with Crippen LogP contribution in [0.2, 0.25) is 0 Å². The van der Waals surface area contributed by atoms with Crippen molar-refractivity contribution >= 4 is 17.9 Å². The Balaban J connectivity index is 0.984. The zero-order valence-corrected chi connectivity index (χ0v) is 32.4. The third-order valence-corrected chi connectivity index (χ3v) is 11.8. The number of ether oxygens (including phenoxy) is 3. The number of nitrogens with one attached hydrogen (secondary N) is 3. The first-order chi connectivity index (χ1) is 26.4. The number of fused-ring (bicyclic) bond motifs is 4. The number of likely N-dealkylation sites (tertiary alicyclic amines) is 1. The number of imidazole rings is 2. The molecule has 3 aliphatic heterocycles. The summed E-state index contributed by atoms with van der Waals surface area (Å²) in [5.74, 6) is 4.13. The van der Waals surface area contributed by atoms with Gasteiger partial charge in [-0.1, -0.05) is 46.3 Å². The monoisotopic (exact) mass is 747 g/mol. The zero-order valence-electron chi connectivity index (χ0n) is 32.4. The van der Waals surface area contributed by atoms with Crippen molar-refractivity contribution in [3.63, 3.8) is 0 Å². The van der Waals surface area contributed by atoms with Crippen LogP contribution in [0.5, 0.6) is 23.0 Å². The van der Waals surface area contributed by atoms with Crippen LogP contribution < -0.4 is 14.8 Å². The van der Waals surface area contributed by atoms with Crippen LogP contribution >= 0.6 is 0 Å². The number of nitrogens with zero attached hydrogens (tertiary/aromatic N) is 4. The molecule has 13 nitrogen and oxygen atoms in total. The van der Waals surface area contributed by atoms with Gasteiger partial charge in [0.05, 0.1) is 30.7 Å². The zero-order chi connectivity index (χ0) is 38.7. The van der Waals surface area contributed by atoms with Gasteiger partial charge in [0.1, 0.15) is 23.7 Å². The van der Waals surface area contributed by atoms with E-state index in [2.05, 4.69) is 35.2 Å². The molecule has 0 spiro atoms. The number of rotatable bonds is 9. The fraction of sp³-hybridized carbons (Fsp3) is 0.452. The van der Waals surface area contributed by atoms with E-state index in [9.17, 15) is 14.4 Å². The number of carbonyl (C=O) groups excluding carboxylic acids is 3. The van der Waals surface area contributed by atoms with E-state index in [-0.39, 0.29) is 53.6 Å². The molecule has 4 aliphatic rings. The Hall–Kier alpha value is -5.59. The van der Waals surface area contributed by atoms with Crippen LogP contribution in [0.1, 0.15) is 84.5 Å². The third kappa shape index (κ3) is 6.63. The number of amides is 3. The molecule has 5 heterocycles. The third-order valence-electron chi connectivity index (χ3n) is 11.8. The summed E-state index contributed by atoms with van der Waals surface area (Å²) < 4.78 is 17.5. The number of benzene rings is 2. The normalized spacial score (nSPS) is 22.2. The van der Waals surface area contributed by atoms with Crippen LogP contribution in [0.3, 0.4) is 0 Å². The van der Waals surface area contributed by atoms with Gasteiger partial charge in [-0.25, -0.2) is 14.8 Å². The molecule has 1 saturated carbocycles. The van der Waals surface area contributed by atoms with E-state index >= 15 is 0 Å². The Bertz CT molecular complexity index is 2170. The first kappa shape index (κ1) is 36.4. The molecule has 2 fully saturated rings. The maximum atomic E-state index is 14.0. The van der Waals surface area contributed by atoms with Crippen LogP contribution in [0.15, 0.2) is 60.4 Å². The summed E-state index contributed by atoms with van der Waals surface area (Å²) in [4.78, 5) is 59.8. The minimum Gasteiger partial charge on any atom is -0.453 e. The van der Waals surface area contributed by atoms with Gasteiger partial charge >= 0.3 is 6.09 Å². The minimum atomic E-state index is -0.697. The average molecular weight is 748 g/mol. The molecule has 3 amide bonds. The Morgan fingerprint density at radius 3 is 2.31 bits per heavy atom. The van der Waals surface area contributed by atoms with Crippen LogP contribution in [0, 0.1) is 23.7 Å². The number of carbonyl (C=O) groups is 3. The van der Waals surface area contributed by atoms with E-state index in [1.165, 1.54) is 7.11 Å². The summed E-state index contributed by atoms with van der Waals surface area (Å²) in [6, 6.07) is 10.5. The number of aromatic amines is 2. The molecule has 4 aromatic rings. The van der Waals surface area contributed by atoms with Gasteiger partial charge in [-0.15, -0.1) is 0 Å². The second-order valence-electron chi connectivity index (χ2n) is 16.1. The molecule has 2 aromatic heterocycles. The molecule has 1 unspecified atom stereocenters. The van der Waals surface area contributed by atoms with Crippen molar-refractivity contribution in [2.24, 2.45) is 23.7 Å². The lowest BCUT2D eigenvalue weighted by atomic mass is 9.95. The molecule has 55 heavy (non-hydrogen) atoms. The lowest BCUT2D eigenvalue weighted by Gasteiger charge is -2.37. The minimum absolute atomic E-state index is 0.0816. The number of H-pyrrole nitrogens is 2. The Morgan fingerprint density at radius 2 is 1.62 bits per heavy atom. The van der Waals surface area contributed by atoms with E-state index < -0.39 is 12.1 Å². The maximum absolute atomic E-state index is 14.0. The molecule has 13 heteroatoms. The molecule has 0 radical (unpaired) electrons. The van der Waals surface area contributed by atoms with Crippen molar-refractivity contribution in [2.45, 2.75) is 85.0 Å². The van der Waals surface area contributed by atoms with Gasteiger partial charge in [0.2, 0.25) is 11.8 Å². The first-order valence-corrected chi connectivity index (χ1v) is 19.3. The highest BCUT2D eigenvalue weighted by Crippen LogP contribution is 2.51. The number of aromatic nitrogens is 4. The Kier molecular flexibility index (Phi) is 9.42. The molecule has 2 bridgehead atoms. The highest BCUT2D eigenvalue weighted by Gasteiger charge is 2.51. The number of piperidine rings is 1. The number of hydrogen-bond acceptors (Lipinski definition) is 8. The molecule has 6 atom stereocenters. The summed E-state index contributed by atoms with van der Waals surface area (Å²) >= 11 is 0. The van der Waals surface area contributed by atoms with Crippen LogP contribution in [-0.4, -0.2) is 73.4 Å². The van der Waals surface area contributed by atoms with E-state index in [1.807, 2.05) is 80.1 Å². The van der Waals surface area contributed by atoms with E-state index in [0.717, 1.165) is 59.0 Å². The lowest BCUT2D eigenvalue weighted by molar-refractivity contribution is -0.139. The number of alkyl carbamates (subject to hydrolysis) is 1. The fourth-order valence-electron chi connectivity index (χ4n) is 8.46. The van der Waals surface area contributed by atoms with Crippen molar-refractivity contribution in [3.05, 3.63) is 72.1 Å². The molecule has 1 saturated heterocycles. The Labute approximate surface area is 320 Å². The van der Waals surface area contributed by atoms with Crippen molar-refractivity contribution in [3.8, 4) is 45.5 Å². The molecule has 288 valence electrons. The first-order valence-electron chi connectivity index (χ1n) is 19.3. The van der Waals surface area contributed by atoms with E-state index in [0.29, 0.717) is 29.5 Å².